The summed E-state index contributed by atoms with van der Waals surface area (Å²) in [5.41, 5.74) is 1.17. The molecule has 1 aromatic carbocycles. The van der Waals surface area contributed by atoms with Crippen molar-refractivity contribution in [2.45, 2.75) is 36.3 Å². The molecular weight excluding hydrogens is 382 g/mol. The first-order valence-corrected chi connectivity index (χ1v) is 15.4. The van der Waals surface area contributed by atoms with Crippen LogP contribution >= 0.6 is 0 Å². The Balaban J connectivity index is 0.000000807. The second-order valence-corrected chi connectivity index (χ2v) is 15.8. The minimum Gasteiger partial charge on any atom is -0.358 e. The quantitative estimate of drug-likeness (QED) is 0.224. The fourth-order valence-corrected chi connectivity index (χ4v) is 14.9. The summed E-state index contributed by atoms with van der Waals surface area (Å²) in [5, 5.41) is 0. The molecule has 0 aromatic heterocycles. The monoisotopic (exact) mass is 421 g/mol. The van der Waals surface area contributed by atoms with Crippen molar-refractivity contribution in [1.82, 2.24) is 4.65 Å². The van der Waals surface area contributed by atoms with E-state index in [0.717, 1.165) is 36.3 Å². The summed E-state index contributed by atoms with van der Waals surface area (Å²) in [5.74, 6) is 0. The van der Waals surface area contributed by atoms with E-state index in [9.17, 15) is 0 Å². The van der Waals surface area contributed by atoms with E-state index in [4.69, 9.17) is 0 Å². The highest BCUT2D eigenvalue weighted by molar-refractivity contribution is 6.94. The van der Waals surface area contributed by atoms with Gasteiger partial charge >= 0.3 is 0 Å². The van der Waals surface area contributed by atoms with Gasteiger partial charge in [-0.15, -0.1) is 39.5 Å². The lowest BCUT2D eigenvalue weighted by atomic mass is 10.2. The summed E-state index contributed by atoms with van der Waals surface area (Å²) in [4.78, 5) is 0. The van der Waals surface area contributed by atoms with Crippen LogP contribution in [0.4, 0.5) is 0 Å². The largest absolute Gasteiger partial charge is 0.358 e. The minimum absolute atomic E-state index is 1.03. The third-order valence-corrected chi connectivity index (χ3v) is 15.4. The smallest absolute Gasteiger partial charge is 0.130 e. The summed E-state index contributed by atoms with van der Waals surface area (Å²) in [6.07, 6.45) is 14.1. The molecule has 3 heteroatoms. The van der Waals surface area contributed by atoms with Crippen molar-refractivity contribution in [3.8, 4) is 0 Å². The van der Waals surface area contributed by atoms with Crippen molar-refractivity contribution < 1.29 is 0 Å². The molecule has 0 aliphatic carbocycles. The minimum atomic E-state index is -1.73. The average molecular weight is 422 g/mol. The highest BCUT2D eigenvalue weighted by Gasteiger charge is 2.39. The Bertz CT molecular complexity index is 571. The zero-order chi connectivity index (χ0) is 22.0. The van der Waals surface area contributed by atoms with E-state index in [1.54, 1.807) is 0 Å². The summed E-state index contributed by atoms with van der Waals surface area (Å²) >= 11 is 0. The zero-order valence-electron chi connectivity index (χ0n) is 18.1. The average Bonchev–Trinajstić information content (AvgIpc) is 2.70. The van der Waals surface area contributed by atoms with Crippen LogP contribution in [0.15, 0.2) is 113 Å². The molecular formula is C26H39NSi2. The Labute approximate surface area is 181 Å². The summed E-state index contributed by atoms with van der Waals surface area (Å²) in [6, 6.07) is 16.2. The number of benzene rings is 1. The lowest BCUT2D eigenvalue weighted by Gasteiger charge is -2.41. The van der Waals surface area contributed by atoms with Crippen molar-refractivity contribution >= 4 is 22.5 Å². The Morgan fingerprint density at radius 2 is 0.862 bits per heavy atom. The van der Waals surface area contributed by atoms with Gasteiger partial charge in [0.15, 0.2) is 0 Å². The van der Waals surface area contributed by atoms with E-state index in [1.807, 2.05) is 72.9 Å². The molecule has 0 atom stereocenters. The van der Waals surface area contributed by atoms with Gasteiger partial charge in [-0.1, -0.05) is 79.4 Å². The number of nitrogens with one attached hydrogen (secondary N) is 1. The van der Waals surface area contributed by atoms with E-state index in [0.29, 0.717) is 0 Å². The fourth-order valence-electron chi connectivity index (χ4n) is 3.62. The predicted molar refractivity (Wildman–Crippen MR) is 141 cm³/mol. The molecule has 1 rings (SSSR count). The molecule has 0 amide bonds. The van der Waals surface area contributed by atoms with Gasteiger partial charge in [0.2, 0.25) is 0 Å². The van der Waals surface area contributed by atoms with Crippen LogP contribution in [-0.4, -0.2) is 16.5 Å². The van der Waals surface area contributed by atoms with E-state index in [2.05, 4.69) is 50.7 Å². The van der Waals surface area contributed by atoms with Crippen LogP contribution in [-0.2, 0) is 0 Å². The Kier molecular flexibility index (Phi) is 14.5. The van der Waals surface area contributed by atoms with Crippen LogP contribution in [0.25, 0.3) is 6.08 Å². The molecule has 0 spiro atoms. The van der Waals surface area contributed by atoms with Crippen LogP contribution in [0.5, 0.6) is 0 Å². The third-order valence-electron chi connectivity index (χ3n) is 4.78. The fraction of sp³-hybridized carbons (Fsp3) is 0.231. The molecule has 1 aromatic rings. The van der Waals surface area contributed by atoms with E-state index in [1.165, 1.54) is 5.56 Å². The molecule has 0 fully saturated rings. The molecule has 1 N–H and O–H groups in total. The van der Waals surface area contributed by atoms with Gasteiger partial charge in [0.25, 0.3) is 0 Å². The van der Waals surface area contributed by atoms with Crippen LogP contribution in [0, 0.1) is 0 Å². The van der Waals surface area contributed by atoms with Crippen LogP contribution in [0.3, 0.4) is 0 Å². The first-order valence-electron chi connectivity index (χ1n) is 10.1. The number of hydrogen-bond donors (Lipinski definition) is 1. The molecule has 0 saturated heterocycles. The van der Waals surface area contributed by atoms with Gasteiger partial charge in [-0.05, 0) is 41.8 Å². The van der Waals surface area contributed by atoms with Crippen molar-refractivity contribution in [2.75, 3.05) is 0 Å². The van der Waals surface area contributed by atoms with Crippen molar-refractivity contribution in [3.63, 3.8) is 0 Å². The Morgan fingerprint density at radius 3 is 1.07 bits per heavy atom. The zero-order valence-corrected chi connectivity index (χ0v) is 20.1. The van der Waals surface area contributed by atoms with E-state index >= 15 is 0 Å². The van der Waals surface area contributed by atoms with Crippen molar-refractivity contribution in [2.24, 2.45) is 0 Å². The Hall–Kier alpha value is -2.21. The van der Waals surface area contributed by atoms with Gasteiger partial charge < -0.3 is 4.65 Å². The topological polar surface area (TPSA) is 12.0 Å². The molecule has 0 unspecified atom stereocenters. The number of allylic oxidation sites excluding steroid dienone is 6. The second kappa shape index (κ2) is 15.7. The predicted octanol–water partition coefficient (Wildman–Crippen LogP) is 7.91. The van der Waals surface area contributed by atoms with Crippen molar-refractivity contribution in [3.05, 3.63) is 118 Å². The molecule has 156 valence electrons. The van der Waals surface area contributed by atoms with E-state index < -0.39 is 16.5 Å². The molecule has 0 heterocycles. The number of rotatable bonds is 15. The standard InChI is InChI=1S/C18H31NSi2.C8H8/c1-7-13-20(14-8-2,15-9-3)19-21(16-10-4,17-11-5)18-12-6;1-2-8-6-4-3-5-7-8/h7-12,19H,1-6,13-18H2;2-7H,1H2. The molecule has 1 nitrogen and oxygen atoms in total. The SMILES string of the molecule is C=CC[Si](CC=C)(CC=C)N[Si](CC=C)(CC=C)CC=C.C=Cc1ccccc1. The summed E-state index contributed by atoms with van der Waals surface area (Å²) in [7, 11) is -3.46. The molecule has 29 heavy (non-hydrogen) atoms. The first kappa shape index (κ1) is 26.8. The second-order valence-electron chi connectivity index (χ2n) is 7.26. The third kappa shape index (κ3) is 10.2. The van der Waals surface area contributed by atoms with E-state index in [-0.39, 0.29) is 0 Å². The maximum absolute atomic E-state index is 4.14. The molecule has 0 aliphatic rings. The Morgan fingerprint density at radius 1 is 0.552 bits per heavy atom. The van der Waals surface area contributed by atoms with Gasteiger partial charge in [-0.3, -0.25) is 0 Å². The molecule has 0 saturated carbocycles. The van der Waals surface area contributed by atoms with Crippen LogP contribution in [0.1, 0.15) is 5.56 Å². The molecule has 0 bridgehead atoms. The normalized spacial score (nSPS) is 10.6. The molecule has 0 aliphatic heterocycles. The lowest BCUT2D eigenvalue weighted by molar-refractivity contribution is 1.13. The highest BCUT2D eigenvalue weighted by Crippen LogP contribution is 2.28. The van der Waals surface area contributed by atoms with Gasteiger partial charge in [-0.25, -0.2) is 0 Å². The van der Waals surface area contributed by atoms with Crippen molar-refractivity contribution in [1.29, 1.82) is 0 Å². The lowest BCUT2D eigenvalue weighted by Crippen LogP contribution is -2.63. The highest BCUT2D eigenvalue weighted by atomic mass is 28.4. The number of hydrogen-bond acceptors (Lipinski definition) is 1. The van der Waals surface area contributed by atoms with Crippen LogP contribution in [0.2, 0.25) is 36.3 Å². The van der Waals surface area contributed by atoms with Crippen LogP contribution < -0.4 is 4.65 Å². The summed E-state index contributed by atoms with van der Waals surface area (Å²) in [6.45, 7) is 27.4. The van der Waals surface area contributed by atoms with Gasteiger partial charge in [0, 0.05) is 0 Å². The van der Waals surface area contributed by atoms with Gasteiger partial charge in [0.05, 0.1) is 0 Å². The van der Waals surface area contributed by atoms with Gasteiger partial charge in [-0.2, -0.15) is 0 Å². The molecule has 0 radical (unpaired) electrons. The first-order chi connectivity index (χ1) is 14.0. The maximum atomic E-state index is 4.14. The summed E-state index contributed by atoms with van der Waals surface area (Å²) < 4.78 is 4.14. The van der Waals surface area contributed by atoms with Gasteiger partial charge in [0.1, 0.15) is 16.5 Å². The maximum Gasteiger partial charge on any atom is 0.130 e.